The summed E-state index contributed by atoms with van der Waals surface area (Å²) < 4.78 is 48.7. The number of halogens is 2. The summed E-state index contributed by atoms with van der Waals surface area (Å²) in [4.78, 5) is 165. The van der Waals surface area contributed by atoms with Crippen molar-refractivity contribution in [2.45, 2.75) is 134 Å². The Morgan fingerprint density at radius 3 is 1.80 bits per heavy atom. The van der Waals surface area contributed by atoms with E-state index in [4.69, 9.17) is 61.1 Å². The molecule has 11 N–H and O–H groups in total. The van der Waals surface area contributed by atoms with Gasteiger partial charge >= 0.3 is 24.2 Å². The summed E-state index contributed by atoms with van der Waals surface area (Å²) >= 11 is 14.2. The maximum atomic E-state index is 16.5. The number of aliphatic hydroxyl groups is 2. The van der Waals surface area contributed by atoms with Crippen molar-refractivity contribution in [3.63, 3.8) is 0 Å². The molecule has 0 unspecified atom stereocenters. The molecule has 11 amide bonds. The molecule has 0 spiro atoms. The molecule has 608 valence electrons. The third kappa shape index (κ3) is 22.9. The number of urea groups is 1. The number of ether oxygens (including phenoxy) is 8. The van der Waals surface area contributed by atoms with Gasteiger partial charge in [0.2, 0.25) is 47.1 Å². The fourth-order valence-electron chi connectivity index (χ4n) is 12.4. The minimum atomic E-state index is -2.31. The molecule has 114 heavy (non-hydrogen) atoms. The number of aliphatic hydroxyl groups excluding tert-OH is 2. The maximum Gasteiger partial charge on any atom is 0.412 e. The highest BCUT2D eigenvalue weighted by molar-refractivity contribution is 6.32. The second kappa shape index (κ2) is 42.1. The van der Waals surface area contributed by atoms with Crippen molar-refractivity contribution < 1.29 is 101 Å². The van der Waals surface area contributed by atoms with Crippen LogP contribution in [0.5, 0.6) is 46.0 Å². The van der Waals surface area contributed by atoms with E-state index in [0.717, 1.165) is 61.3 Å². The zero-order chi connectivity index (χ0) is 82.9. The highest BCUT2D eigenvalue weighted by atomic mass is 35.5. The van der Waals surface area contributed by atoms with E-state index in [1.54, 1.807) is 20.8 Å². The number of imide groups is 1. The lowest BCUT2D eigenvalue weighted by Crippen LogP contribution is -2.60. The number of benzene rings is 5. The smallest absolute Gasteiger partial charge is 0.412 e. The van der Waals surface area contributed by atoms with Crippen molar-refractivity contribution in [1.29, 1.82) is 0 Å². The molecule has 0 saturated heterocycles. The normalized spacial score (nSPS) is 18.7. The molecule has 0 radical (unpaired) electrons. The van der Waals surface area contributed by atoms with Crippen molar-refractivity contribution in [3.05, 3.63) is 180 Å². The van der Waals surface area contributed by atoms with Crippen LogP contribution in [-0.2, 0) is 47.8 Å². The quantitative estimate of drug-likeness (QED) is 0.0116. The van der Waals surface area contributed by atoms with Gasteiger partial charge in [-0.1, -0.05) is 158 Å². The Kier molecular flexibility index (Phi) is 32.4. The molecule has 5 aromatic carbocycles. The highest BCUT2D eigenvalue weighted by Gasteiger charge is 2.43. The molecule has 11 bridgehead atoms. The first-order chi connectivity index (χ1) is 54.7. The molecule has 0 aromatic heterocycles. The molecule has 5 heterocycles. The summed E-state index contributed by atoms with van der Waals surface area (Å²) in [5, 5.41) is 47.3. The molecule has 5 aliphatic rings. The minimum absolute atomic E-state index is 0.00701. The molecule has 0 fully saturated rings. The van der Waals surface area contributed by atoms with E-state index in [1.807, 2.05) is 0 Å². The largest absolute Gasteiger partial charge is 0.489 e. The van der Waals surface area contributed by atoms with E-state index in [-0.39, 0.29) is 124 Å². The van der Waals surface area contributed by atoms with Crippen LogP contribution in [0.1, 0.15) is 137 Å². The van der Waals surface area contributed by atoms with Crippen molar-refractivity contribution in [2.24, 2.45) is 5.92 Å². The molecular formula is C81H94Cl2N10O21. The number of amides is 11. The number of esters is 1. The molecule has 0 saturated carbocycles. The number of hydrogen-bond donors (Lipinski definition) is 11. The average molecular weight is 1610 g/mol. The van der Waals surface area contributed by atoms with Crippen LogP contribution in [0, 0.1) is 5.92 Å². The zero-order valence-corrected chi connectivity index (χ0v) is 65.2. The molecule has 31 nitrogen and oxygen atoms in total. The maximum absolute atomic E-state index is 16.5. The topological polar surface area (TPSA) is 414 Å². The highest BCUT2D eigenvalue weighted by Crippen LogP contribution is 2.49. The molecule has 5 aliphatic heterocycles. The lowest BCUT2D eigenvalue weighted by molar-refractivity contribution is -0.147. The number of carbonyl (C=O) groups is 11. The Bertz CT molecular complexity index is 4460. The molecular weight excluding hydrogens is 1520 g/mol. The van der Waals surface area contributed by atoms with E-state index >= 15 is 24.0 Å². The van der Waals surface area contributed by atoms with Crippen LogP contribution >= 0.6 is 23.2 Å². The van der Waals surface area contributed by atoms with Crippen molar-refractivity contribution >= 4 is 88.7 Å². The summed E-state index contributed by atoms with van der Waals surface area (Å²) in [7, 11) is 1.26. The minimum Gasteiger partial charge on any atom is -0.489 e. The van der Waals surface area contributed by atoms with E-state index in [0.29, 0.717) is 6.42 Å². The third-order valence-corrected chi connectivity index (χ3v) is 18.5. The van der Waals surface area contributed by atoms with Gasteiger partial charge in [-0.15, -0.1) is 0 Å². The Morgan fingerprint density at radius 1 is 0.596 bits per heavy atom. The van der Waals surface area contributed by atoms with Gasteiger partial charge in [0.1, 0.15) is 110 Å². The number of unbranched alkanes of at least 4 members (excludes halogenated alkanes) is 5. The third-order valence-electron chi connectivity index (χ3n) is 18.0. The van der Waals surface area contributed by atoms with Crippen LogP contribution < -0.4 is 76.3 Å². The van der Waals surface area contributed by atoms with Crippen molar-refractivity contribution in [3.8, 4) is 57.1 Å². The van der Waals surface area contributed by atoms with Crippen LogP contribution in [0.3, 0.4) is 0 Å². The van der Waals surface area contributed by atoms with Gasteiger partial charge in [0, 0.05) is 42.9 Å². The first-order valence-corrected chi connectivity index (χ1v) is 37.6. The first kappa shape index (κ1) is 87.6. The second-order valence-corrected chi connectivity index (χ2v) is 27.7. The van der Waals surface area contributed by atoms with Crippen molar-refractivity contribution in [1.82, 2.24) is 52.8 Å². The van der Waals surface area contributed by atoms with Gasteiger partial charge in [0.25, 0.3) is 0 Å². The lowest BCUT2D eigenvalue weighted by atomic mass is 9.89. The Morgan fingerprint density at radius 2 is 1.18 bits per heavy atom. The summed E-state index contributed by atoms with van der Waals surface area (Å²) in [6.45, 7) is 24.8. The SMILES string of the molecule is C=CCOC(=O)[C@H]1NC(=O)[C@H]2NC(=O)[C@H](NC(=O)[C@@H]3NC(=O)[C@H](CC(=O)NC(=O)NCCCCCCCC)NC(=O)[C@H](NC(=O)[C@@H](CC(C)C)N(C)C(=O)OCC=C)[C@H](O)c4ccc(c(Cl)c4)Oc4cc3cc(c4OC(=O)NCC)Oc3ccc(cc3Cl)[C@H]2O)c2ccc(OCC=C)c(c2)-c2c(OCC=C)cc(OCC=C)cc21. The van der Waals surface area contributed by atoms with Gasteiger partial charge in [-0.05, 0) is 103 Å². The molecule has 33 heteroatoms. The zero-order valence-electron chi connectivity index (χ0n) is 63.7. The van der Waals surface area contributed by atoms with Gasteiger partial charge in [0.05, 0.1) is 16.5 Å². The van der Waals surface area contributed by atoms with Crippen LogP contribution in [0.4, 0.5) is 14.4 Å². The lowest BCUT2D eigenvalue weighted by Gasteiger charge is -2.32. The van der Waals surface area contributed by atoms with Gasteiger partial charge in [-0.25, -0.2) is 19.2 Å². The monoisotopic (exact) mass is 1610 g/mol. The predicted octanol–water partition coefficient (Wildman–Crippen LogP) is 9.76. The average Bonchev–Trinajstić information content (AvgIpc) is 0.762. The molecule has 5 aromatic rings. The summed E-state index contributed by atoms with van der Waals surface area (Å²) in [5.41, 5.74) is -1.04. The number of fused-ring (bicyclic) bond motifs is 15. The fraction of sp³-hybridized carbons (Fsp3) is 0.370. The molecule has 9 atom stereocenters. The van der Waals surface area contributed by atoms with Gasteiger partial charge < -0.3 is 90.6 Å². The van der Waals surface area contributed by atoms with E-state index in [1.165, 1.54) is 92.0 Å². The summed E-state index contributed by atoms with van der Waals surface area (Å²) in [6, 6.07) is 0.958. The Labute approximate surface area is 668 Å². The van der Waals surface area contributed by atoms with Crippen LogP contribution in [0.15, 0.2) is 142 Å². The van der Waals surface area contributed by atoms with E-state index < -0.39 is 156 Å². The van der Waals surface area contributed by atoms with Crippen LogP contribution in [0.2, 0.25) is 10.0 Å². The standard InChI is InChI=1S/C81H94Cl2N10O21/c1-11-18-19-20-21-22-29-85-79(104)87-62(94)43-54-72(97)88-65-48-39-60(112-57-27-24-46(37-52(57)82)69(95)67(76(101)86-54)91-73(98)55(35-44(8)9)93(10)81(106)111-34-16-6)71(114-80(105)84-17-7)61(40-48)113-58-28-25-47(38-53(58)83)70(96)68-77(102)90-66(78(103)110-33-15-5)51-41-49(107-30-12-2)42-59(109-32-14-4)63(51)50-36-45(23-26-56(50)108-31-13-3)64(74(99)92-68)89-75(65)100/h12-16,23-28,36-42,44,54-55,64-70,95-96H,2-6,11,17-22,29-35,43H2,1,7-10H3,(H,84,105)(H,86,101)(H,88,97)(H,89,100)(H,90,102)(H,91,98)(H,92,99)(H2,85,87,94,104)/t54-,55+,64+,65+,66-,67+,68-,69+,70+/m0/s1. The number of rotatable bonds is 30. The second-order valence-electron chi connectivity index (χ2n) is 26.9. The van der Waals surface area contributed by atoms with E-state index in [2.05, 4.69) is 87.7 Å². The number of nitrogens with one attached hydrogen (secondary N) is 9. The van der Waals surface area contributed by atoms with Crippen molar-refractivity contribution in [2.75, 3.05) is 53.2 Å². The van der Waals surface area contributed by atoms with Crippen LogP contribution in [-0.4, -0.2) is 158 Å². The number of carbonyl (C=O) groups excluding carboxylic acids is 11. The molecule has 0 aliphatic carbocycles. The molecule has 10 rings (SSSR count). The van der Waals surface area contributed by atoms with Gasteiger partial charge in [-0.2, -0.15) is 0 Å². The van der Waals surface area contributed by atoms with Gasteiger partial charge in [0.15, 0.2) is 17.5 Å². The number of hydrogen-bond acceptors (Lipinski definition) is 21. The summed E-state index contributed by atoms with van der Waals surface area (Å²) in [6.07, 6.45) is 4.35. The number of likely N-dealkylation sites (N-methyl/N-ethyl adjacent to an activating group) is 1. The Balaban J connectivity index is 1.43. The predicted molar refractivity (Wildman–Crippen MR) is 420 cm³/mol. The van der Waals surface area contributed by atoms with E-state index in [9.17, 15) is 39.0 Å². The first-order valence-electron chi connectivity index (χ1n) is 36.8. The summed E-state index contributed by atoms with van der Waals surface area (Å²) in [5.74, 6) is -12.7. The fourth-order valence-corrected chi connectivity index (χ4v) is 12.8. The number of nitrogens with zero attached hydrogens (tertiary/aromatic N) is 1. The Hall–Kier alpha value is -11.9. The van der Waals surface area contributed by atoms with Gasteiger partial charge in [-0.3, -0.25) is 43.8 Å². The van der Waals surface area contributed by atoms with Crippen LogP contribution in [0.25, 0.3) is 11.1 Å².